The molecule has 0 unspecified atom stereocenters. The van der Waals surface area contributed by atoms with Gasteiger partial charge in [0.25, 0.3) is 0 Å². The molecule has 0 saturated heterocycles. The molecule has 0 nitrogen and oxygen atoms in total. The summed E-state index contributed by atoms with van der Waals surface area (Å²) in [4.78, 5) is 0. The molecule has 0 saturated carbocycles. The standard InChI is InChI=1S/Al.B.H4Si.Ti.Zn.3H/h;;1H4;;;;;. The van der Waals surface area contributed by atoms with Crippen molar-refractivity contribution in [1.82, 2.24) is 0 Å². The minimum absolute atomic E-state index is 0. The molecule has 3 radical (unpaired) electrons. The molecule has 0 fully saturated rings. The van der Waals surface area contributed by atoms with Crippen molar-refractivity contribution < 1.29 is 41.2 Å². The summed E-state index contributed by atoms with van der Waals surface area (Å²) in [5.41, 5.74) is 0. The fraction of sp³-hybridized carbons (Fsp3) is 0. The first-order chi connectivity index (χ1) is 0. The first-order valence-corrected chi connectivity index (χ1v) is 0. The van der Waals surface area contributed by atoms with Crippen molar-refractivity contribution in [3.63, 3.8) is 0 Å². The van der Waals surface area contributed by atoms with Crippen LogP contribution in [0.3, 0.4) is 0 Å². The van der Waals surface area contributed by atoms with Crippen molar-refractivity contribution in [2.75, 3.05) is 0 Å². The van der Waals surface area contributed by atoms with Crippen LogP contribution in [0.4, 0.5) is 0 Å². The van der Waals surface area contributed by atoms with Crippen LogP contribution in [0, 0.1) is 0 Å². The second-order valence-electron chi connectivity index (χ2n) is 0. The topological polar surface area (TPSA) is 0 Å². The summed E-state index contributed by atoms with van der Waals surface area (Å²) in [5.74, 6) is 0. The first-order valence-electron chi connectivity index (χ1n) is 0. The van der Waals surface area contributed by atoms with E-state index in [0.717, 1.165) is 0 Å². The minimum atomic E-state index is 0. The number of hydrogen-bond donors (Lipinski definition) is 0. The second kappa shape index (κ2) is 35.3. The Morgan fingerprint density at radius 2 is 1.00 bits per heavy atom. The zero-order valence-electron chi connectivity index (χ0n) is 1.78. The van der Waals surface area contributed by atoms with Gasteiger partial charge in [-0.15, -0.1) is 0 Å². The van der Waals surface area contributed by atoms with Gasteiger partial charge in [0, 0.05) is 49.6 Å². The smallest absolute Gasteiger partial charge is 0.0149 e. The summed E-state index contributed by atoms with van der Waals surface area (Å²) in [7, 11) is 0. The minimum Gasteiger partial charge on any atom is -0.0149 e. The van der Waals surface area contributed by atoms with E-state index < -0.39 is 0 Å². The zero-order chi connectivity index (χ0) is 0. The SMILES string of the molecule is [AlH3].[B].[SiH4].[Ti].[Zn]. The van der Waals surface area contributed by atoms with Crippen molar-refractivity contribution >= 4 is 36.7 Å². The van der Waals surface area contributed by atoms with Crippen molar-refractivity contribution in [3.05, 3.63) is 0 Å². The van der Waals surface area contributed by atoms with Crippen LogP contribution in [-0.4, -0.2) is 36.7 Å². The van der Waals surface area contributed by atoms with Crippen molar-refractivity contribution in [2.45, 2.75) is 0 Å². The van der Waals surface area contributed by atoms with Gasteiger partial charge in [-0.3, -0.25) is 0 Å². The summed E-state index contributed by atoms with van der Waals surface area (Å²) in [5, 5.41) is 0. The van der Waals surface area contributed by atoms with Gasteiger partial charge in [0.15, 0.2) is 17.4 Å². The van der Waals surface area contributed by atoms with E-state index in [2.05, 4.69) is 0 Å². The molecule has 0 aliphatic rings. The third kappa shape index (κ3) is 22.9. The van der Waals surface area contributed by atoms with E-state index in [1.54, 1.807) is 0 Å². The second-order valence-corrected chi connectivity index (χ2v) is 0. The Labute approximate surface area is 77.2 Å². The molecular formula is H7AlBSiTiZn. The Morgan fingerprint density at radius 1 is 1.00 bits per heavy atom. The normalized spacial score (nSPS) is 0. The van der Waals surface area contributed by atoms with Gasteiger partial charge in [-0.1, -0.05) is 0 Å². The molecule has 0 aromatic rings. The van der Waals surface area contributed by atoms with Gasteiger partial charge in [-0.25, -0.2) is 0 Å². The molecule has 0 amide bonds. The maximum atomic E-state index is 0. The summed E-state index contributed by atoms with van der Waals surface area (Å²) in [6, 6.07) is 0. The molecule has 0 bridgehead atoms. The van der Waals surface area contributed by atoms with E-state index in [1.165, 1.54) is 0 Å². The molecule has 0 spiro atoms. The van der Waals surface area contributed by atoms with Crippen LogP contribution in [-0.2, 0) is 41.2 Å². The van der Waals surface area contributed by atoms with Gasteiger partial charge in [0.05, 0.1) is 0 Å². The number of rotatable bonds is 0. The molecule has 5 heteroatoms. The maximum Gasteiger partial charge on any atom is 0.187 e. The van der Waals surface area contributed by atoms with Gasteiger partial charge in [0.2, 0.25) is 0 Å². The van der Waals surface area contributed by atoms with Gasteiger partial charge >= 0.3 is 0 Å². The van der Waals surface area contributed by atoms with Crippen LogP contribution in [0.1, 0.15) is 0 Å². The van der Waals surface area contributed by atoms with E-state index in [4.69, 9.17) is 0 Å². The third-order valence-corrected chi connectivity index (χ3v) is 0. The van der Waals surface area contributed by atoms with Crippen LogP contribution in [0.5, 0.6) is 0 Å². The van der Waals surface area contributed by atoms with Crippen LogP contribution in [0.25, 0.3) is 0 Å². The van der Waals surface area contributed by atoms with E-state index in [-0.39, 0.29) is 77.9 Å². The van der Waals surface area contributed by atoms with Crippen molar-refractivity contribution in [1.29, 1.82) is 0 Å². The quantitative estimate of drug-likeness (QED) is 0.353. The largest absolute Gasteiger partial charge is 0.187 e. The molecule has 0 N–H and O–H groups in total. The Balaban J connectivity index is 0. The van der Waals surface area contributed by atoms with E-state index in [9.17, 15) is 0 Å². The molecule has 23 valence electrons. The summed E-state index contributed by atoms with van der Waals surface area (Å²) in [6.45, 7) is 0. The molecule has 0 aromatic heterocycles. The third-order valence-electron chi connectivity index (χ3n) is 0. The molecule has 0 atom stereocenters. The van der Waals surface area contributed by atoms with E-state index in [0.29, 0.717) is 0 Å². The van der Waals surface area contributed by atoms with Gasteiger partial charge < -0.3 is 0 Å². The molecule has 0 heterocycles. The summed E-state index contributed by atoms with van der Waals surface area (Å²) in [6.07, 6.45) is 0. The van der Waals surface area contributed by atoms with Crippen molar-refractivity contribution in [3.8, 4) is 0 Å². The fourth-order valence-corrected chi connectivity index (χ4v) is 0. The maximum absolute atomic E-state index is 0. The van der Waals surface area contributed by atoms with Crippen LogP contribution in [0.15, 0.2) is 0 Å². The fourth-order valence-electron chi connectivity index (χ4n) is 0. The predicted octanol–water partition coefficient (Wildman–Crippen LogP) is -3.02. The molecule has 0 rings (SSSR count). The molecule has 5 heavy (non-hydrogen) atoms. The average molecular weight is 186 g/mol. The van der Waals surface area contributed by atoms with E-state index in [1.807, 2.05) is 0 Å². The average Bonchev–Trinajstić information content (AvgIpc) is 0. The Hall–Kier alpha value is 2.15. The number of hydrogen-bond acceptors (Lipinski definition) is 0. The molecule has 0 aliphatic heterocycles. The van der Waals surface area contributed by atoms with Gasteiger partial charge in [-0.05, 0) is 11.0 Å². The van der Waals surface area contributed by atoms with E-state index >= 15 is 0 Å². The van der Waals surface area contributed by atoms with Crippen LogP contribution < -0.4 is 0 Å². The van der Waals surface area contributed by atoms with Crippen LogP contribution in [0.2, 0.25) is 0 Å². The van der Waals surface area contributed by atoms with Gasteiger partial charge in [0.1, 0.15) is 0 Å². The monoisotopic (exact) mass is 185 g/mol. The molecular weight excluding hydrogens is 179 g/mol. The van der Waals surface area contributed by atoms with Crippen LogP contribution >= 0.6 is 0 Å². The zero-order valence-corrected chi connectivity index (χ0v) is 6.31. The summed E-state index contributed by atoms with van der Waals surface area (Å²) < 4.78 is 0. The Kier molecular flexibility index (Phi) is 412. The first kappa shape index (κ1) is 58.5. The Bertz CT molecular complexity index is 11.6. The van der Waals surface area contributed by atoms with Gasteiger partial charge in [-0.2, -0.15) is 0 Å². The summed E-state index contributed by atoms with van der Waals surface area (Å²) >= 11 is 0. The van der Waals surface area contributed by atoms with Crippen molar-refractivity contribution in [2.24, 2.45) is 0 Å². The predicted molar refractivity (Wildman–Crippen MR) is 27.0 cm³/mol. The Morgan fingerprint density at radius 3 is 1.00 bits per heavy atom. The molecule has 0 aromatic carbocycles. The molecule has 0 aliphatic carbocycles.